The third-order valence-corrected chi connectivity index (χ3v) is 4.69. The van der Waals surface area contributed by atoms with Crippen LogP contribution < -0.4 is 10.5 Å². The first-order valence-electron chi connectivity index (χ1n) is 6.79. The first-order valence-corrected chi connectivity index (χ1v) is 8.27. The second kappa shape index (κ2) is 7.04. The Hall–Kier alpha value is -1.14. The summed E-state index contributed by atoms with van der Waals surface area (Å²) < 4.78 is 40.0. The molecule has 1 aromatic rings. The van der Waals surface area contributed by atoms with Gasteiger partial charge in [-0.1, -0.05) is 26.7 Å². The molecule has 0 aliphatic rings. The van der Waals surface area contributed by atoms with E-state index in [1.54, 1.807) is 6.92 Å². The first-order chi connectivity index (χ1) is 9.24. The molecule has 0 aliphatic heterocycles. The van der Waals surface area contributed by atoms with Crippen LogP contribution in [0.25, 0.3) is 0 Å². The minimum Gasteiger partial charge on any atom is -0.396 e. The molecule has 114 valence electrons. The van der Waals surface area contributed by atoms with E-state index in [-0.39, 0.29) is 10.6 Å². The van der Waals surface area contributed by atoms with Crippen molar-refractivity contribution >= 4 is 15.7 Å². The number of nitrogens with one attached hydrogen (secondary N) is 1. The summed E-state index contributed by atoms with van der Waals surface area (Å²) in [7, 11) is -3.63. The summed E-state index contributed by atoms with van der Waals surface area (Å²) in [4.78, 5) is 0.0419. The molecule has 0 spiro atoms. The van der Waals surface area contributed by atoms with Crippen LogP contribution in [0.2, 0.25) is 0 Å². The lowest BCUT2D eigenvalue weighted by atomic mass is 10.1. The number of halogens is 1. The topological polar surface area (TPSA) is 72.2 Å². The monoisotopic (exact) mass is 302 g/mol. The van der Waals surface area contributed by atoms with Gasteiger partial charge in [-0.2, -0.15) is 0 Å². The normalized spacial score (nSPS) is 12.1. The summed E-state index contributed by atoms with van der Waals surface area (Å²) in [5, 5.41) is 0. The van der Waals surface area contributed by atoms with Gasteiger partial charge in [0, 0.05) is 6.54 Å². The maximum absolute atomic E-state index is 13.2. The van der Waals surface area contributed by atoms with Crippen LogP contribution in [-0.2, 0) is 10.0 Å². The van der Waals surface area contributed by atoms with Gasteiger partial charge in [-0.15, -0.1) is 0 Å². The Labute approximate surface area is 120 Å². The zero-order valence-corrected chi connectivity index (χ0v) is 13.1. The molecule has 0 fully saturated rings. The van der Waals surface area contributed by atoms with Crippen LogP contribution in [0.4, 0.5) is 10.1 Å². The summed E-state index contributed by atoms with van der Waals surface area (Å²) in [5.74, 6) is 0.0177. The third kappa shape index (κ3) is 4.76. The van der Waals surface area contributed by atoms with Gasteiger partial charge in [-0.25, -0.2) is 17.5 Å². The number of hydrogen-bond acceptors (Lipinski definition) is 3. The van der Waals surface area contributed by atoms with Crippen molar-refractivity contribution in [2.45, 2.75) is 44.9 Å². The lowest BCUT2D eigenvalue weighted by molar-refractivity contribution is 0.530. The van der Waals surface area contributed by atoms with Crippen molar-refractivity contribution in [1.29, 1.82) is 0 Å². The van der Waals surface area contributed by atoms with Crippen LogP contribution in [0.3, 0.4) is 0 Å². The number of unbranched alkanes of at least 4 members (excludes halogenated alkanes) is 1. The van der Waals surface area contributed by atoms with Crippen molar-refractivity contribution in [3.05, 3.63) is 23.5 Å². The summed E-state index contributed by atoms with van der Waals surface area (Å²) in [6.07, 6.45) is 2.84. The third-order valence-electron chi connectivity index (χ3n) is 3.08. The van der Waals surface area contributed by atoms with Crippen molar-refractivity contribution < 1.29 is 12.8 Å². The maximum atomic E-state index is 13.2. The fourth-order valence-corrected chi connectivity index (χ4v) is 3.25. The molecule has 0 heterocycles. The van der Waals surface area contributed by atoms with Gasteiger partial charge in [0.25, 0.3) is 0 Å². The zero-order chi connectivity index (χ0) is 15.3. The number of hydrogen-bond donors (Lipinski definition) is 2. The highest BCUT2D eigenvalue weighted by molar-refractivity contribution is 7.89. The molecule has 0 atom stereocenters. The fraction of sp³-hybridized carbons (Fsp3) is 0.571. The van der Waals surface area contributed by atoms with Gasteiger partial charge in [-0.05, 0) is 37.0 Å². The predicted octanol–water partition coefficient (Wildman–Crippen LogP) is 2.82. The number of benzene rings is 1. The van der Waals surface area contributed by atoms with E-state index in [1.807, 2.05) is 0 Å². The van der Waals surface area contributed by atoms with Crippen LogP contribution in [0.1, 0.15) is 38.7 Å². The van der Waals surface area contributed by atoms with E-state index in [1.165, 1.54) is 6.07 Å². The van der Waals surface area contributed by atoms with Crippen LogP contribution in [0.5, 0.6) is 0 Å². The van der Waals surface area contributed by atoms with Crippen molar-refractivity contribution in [2.75, 3.05) is 12.3 Å². The molecule has 0 aromatic heterocycles. The molecule has 6 heteroatoms. The molecule has 0 saturated heterocycles. The fourth-order valence-electron chi connectivity index (χ4n) is 1.92. The minimum atomic E-state index is -3.63. The van der Waals surface area contributed by atoms with Crippen LogP contribution in [0, 0.1) is 18.7 Å². The van der Waals surface area contributed by atoms with Crippen LogP contribution in [-0.4, -0.2) is 15.0 Å². The van der Waals surface area contributed by atoms with Crippen molar-refractivity contribution in [1.82, 2.24) is 4.72 Å². The average Bonchev–Trinajstić information content (AvgIpc) is 2.32. The van der Waals surface area contributed by atoms with Gasteiger partial charge < -0.3 is 5.73 Å². The molecule has 20 heavy (non-hydrogen) atoms. The van der Waals surface area contributed by atoms with E-state index in [0.29, 0.717) is 18.0 Å². The van der Waals surface area contributed by atoms with Gasteiger partial charge in [-0.3, -0.25) is 0 Å². The first kappa shape index (κ1) is 16.9. The lowest BCUT2D eigenvalue weighted by Crippen LogP contribution is -2.25. The largest absolute Gasteiger partial charge is 0.396 e. The average molecular weight is 302 g/mol. The summed E-state index contributed by atoms with van der Waals surface area (Å²) in [6, 6.07) is 2.31. The van der Waals surface area contributed by atoms with Crippen LogP contribution in [0.15, 0.2) is 17.0 Å². The Balaban J connectivity index is 2.68. The molecule has 0 unspecified atom stereocenters. The Morgan fingerprint density at radius 3 is 2.55 bits per heavy atom. The standard InChI is InChI=1S/C14H23FN2O2S/c1-10(2)6-4-5-7-17-20(18,19)14-9-13(16)12(15)8-11(14)3/h8-10,17H,4-7,16H2,1-3H3. The molecule has 4 nitrogen and oxygen atoms in total. The second-order valence-electron chi connectivity index (χ2n) is 5.43. The number of nitrogens with two attached hydrogens (primary N) is 1. The van der Waals surface area contributed by atoms with Gasteiger partial charge in [0.05, 0.1) is 10.6 Å². The molecule has 3 N–H and O–H groups in total. The molecule has 0 aliphatic carbocycles. The Morgan fingerprint density at radius 1 is 1.30 bits per heavy atom. The van der Waals surface area contributed by atoms with Gasteiger partial charge in [0.1, 0.15) is 5.82 Å². The van der Waals surface area contributed by atoms with E-state index >= 15 is 0 Å². The molecular weight excluding hydrogens is 279 g/mol. The molecule has 0 saturated carbocycles. The summed E-state index contributed by atoms with van der Waals surface area (Å²) >= 11 is 0. The molecule has 0 bridgehead atoms. The number of anilines is 1. The van der Waals surface area contributed by atoms with E-state index in [4.69, 9.17) is 5.73 Å². The zero-order valence-electron chi connectivity index (χ0n) is 12.2. The van der Waals surface area contributed by atoms with Crippen molar-refractivity contribution in [3.8, 4) is 0 Å². The van der Waals surface area contributed by atoms with Crippen molar-refractivity contribution in [3.63, 3.8) is 0 Å². The van der Waals surface area contributed by atoms with Crippen molar-refractivity contribution in [2.24, 2.45) is 5.92 Å². The SMILES string of the molecule is Cc1cc(F)c(N)cc1S(=O)(=O)NCCCCC(C)C. The smallest absolute Gasteiger partial charge is 0.240 e. The van der Waals surface area contributed by atoms with Gasteiger partial charge >= 0.3 is 0 Å². The van der Waals surface area contributed by atoms with E-state index < -0.39 is 15.8 Å². The predicted molar refractivity (Wildman–Crippen MR) is 79.4 cm³/mol. The highest BCUT2D eigenvalue weighted by atomic mass is 32.2. The number of nitrogen functional groups attached to an aromatic ring is 1. The van der Waals surface area contributed by atoms with E-state index in [9.17, 15) is 12.8 Å². The van der Waals surface area contributed by atoms with Gasteiger partial charge in [0.15, 0.2) is 0 Å². The molecular formula is C14H23FN2O2S. The highest BCUT2D eigenvalue weighted by Gasteiger charge is 2.18. The molecule has 0 amide bonds. The Bertz CT molecular complexity index is 557. The summed E-state index contributed by atoms with van der Waals surface area (Å²) in [6.45, 7) is 6.20. The molecule has 0 radical (unpaired) electrons. The minimum absolute atomic E-state index is 0.0419. The second-order valence-corrected chi connectivity index (χ2v) is 7.16. The number of aryl methyl sites for hydroxylation is 1. The Morgan fingerprint density at radius 2 is 1.95 bits per heavy atom. The Kier molecular flexibility index (Phi) is 5.95. The van der Waals surface area contributed by atoms with E-state index in [0.717, 1.165) is 25.3 Å². The molecule has 1 aromatic carbocycles. The number of sulfonamides is 1. The van der Waals surface area contributed by atoms with Gasteiger partial charge in [0.2, 0.25) is 10.0 Å². The maximum Gasteiger partial charge on any atom is 0.240 e. The quantitative estimate of drug-likeness (QED) is 0.601. The summed E-state index contributed by atoms with van der Waals surface area (Å²) in [5.41, 5.74) is 5.63. The number of rotatable bonds is 7. The molecule has 1 rings (SSSR count). The highest BCUT2D eigenvalue weighted by Crippen LogP contribution is 2.21. The van der Waals surface area contributed by atoms with Crippen LogP contribution >= 0.6 is 0 Å². The lowest BCUT2D eigenvalue weighted by Gasteiger charge is -2.11. The van der Waals surface area contributed by atoms with E-state index in [2.05, 4.69) is 18.6 Å².